The molecule has 0 aromatic heterocycles. The Morgan fingerprint density at radius 1 is 1.05 bits per heavy atom. The van der Waals surface area contributed by atoms with Gasteiger partial charge in [-0.1, -0.05) is 51.8 Å². The maximum absolute atomic E-state index is 5.92. The Labute approximate surface area is 134 Å². The molecule has 20 heavy (non-hydrogen) atoms. The molecule has 0 bridgehead atoms. The smallest absolute Gasteiger partial charge is 0.119 e. The van der Waals surface area contributed by atoms with Gasteiger partial charge in [0.25, 0.3) is 0 Å². The van der Waals surface area contributed by atoms with E-state index in [4.69, 9.17) is 16.3 Å². The third-order valence-corrected chi connectivity index (χ3v) is 4.48. The summed E-state index contributed by atoms with van der Waals surface area (Å²) in [5.74, 6) is 1.48. The van der Waals surface area contributed by atoms with Gasteiger partial charge in [-0.05, 0) is 54.2 Å². The van der Waals surface area contributed by atoms with Crippen LogP contribution in [0.4, 0.5) is 0 Å². The van der Waals surface area contributed by atoms with Crippen LogP contribution in [0.2, 0.25) is 5.02 Å². The first-order valence-corrected chi connectivity index (χ1v) is 8.14. The molecule has 0 heterocycles. The van der Waals surface area contributed by atoms with E-state index in [0.29, 0.717) is 5.92 Å². The number of hydrogen-bond donors (Lipinski definition) is 0. The van der Waals surface area contributed by atoms with E-state index < -0.39 is 0 Å². The molecule has 0 fully saturated rings. The summed E-state index contributed by atoms with van der Waals surface area (Å²) in [6.07, 6.45) is 2.07. The van der Waals surface area contributed by atoms with Gasteiger partial charge in [-0.25, -0.2) is 0 Å². The molecule has 2 rings (SSSR count). The maximum Gasteiger partial charge on any atom is 0.119 e. The standard InChI is InChI=1S/C17H18BrClO/c1-20-17-4-2-3-14(11-17)10-15(12-18)9-13-5-7-16(19)8-6-13/h2-8,11,15H,9-10,12H2,1H3. The van der Waals surface area contributed by atoms with Crippen LogP contribution in [-0.2, 0) is 12.8 Å². The molecule has 0 saturated carbocycles. The number of benzene rings is 2. The number of alkyl halides is 1. The van der Waals surface area contributed by atoms with Crippen LogP contribution < -0.4 is 4.74 Å². The first-order chi connectivity index (χ1) is 9.71. The Kier molecular flexibility index (Phi) is 5.93. The molecule has 0 saturated heterocycles. The summed E-state index contributed by atoms with van der Waals surface area (Å²) in [6, 6.07) is 16.4. The summed E-state index contributed by atoms with van der Waals surface area (Å²) in [4.78, 5) is 0. The first-order valence-electron chi connectivity index (χ1n) is 6.64. The summed E-state index contributed by atoms with van der Waals surface area (Å²) in [6.45, 7) is 0. The number of hydrogen-bond acceptors (Lipinski definition) is 1. The molecule has 1 unspecified atom stereocenters. The predicted octanol–water partition coefficient (Wildman–Crippen LogP) is 5.14. The molecule has 0 aliphatic carbocycles. The fourth-order valence-corrected chi connectivity index (χ4v) is 2.85. The van der Waals surface area contributed by atoms with Crippen molar-refractivity contribution in [2.75, 3.05) is 12.4 Å². The van der Waals surface area contributed by atoms with Gasteiger partial charge in [0.05, 0.1) is 7.11 Å². The lowest BCUT2D eigenvalue weighted by atomic mass is 9.94. The van der Waals surface area contributed by atoms with Crippen LogP contribution in [0.3, 0.4) is 0 Å². The molecule has 1 atom stereocenters. The molecule has 2 aromatic carbocycles. The van der Waals surface area contributed by atoms with Gasteiger partial charge in [0.1, 0.15) is 5.75 Å². The van der Waals surface area contributed by atoms with Crippen LogP contribution in [0, 0.1) is 5.92 Å². The van der Waals surface area contributed by atoms with Gasteiger partial charge in [-0.2, -0.15) is 0 Å². The predicted molar refractivity (Wildman–Crippen MR) is 89.1 cm³/mol. The van der Waals surface area contributed by atoms with Crippen molar-refractivity contribution in [3.63, 3.8) is 0 Å². The number of methoxy groups -OCH3 is 1. The van der Waals surface area contributed by atoms with Gasteiger partial charge >= 0.3 is 0 Å². The fraction of sp³-hybridized carbons (Fsp3) is 0.294. The van der Waals surface area contributed by atoms with Crippen molar-refractivity contribution in [1.82, 2.24) is 0 Å². The molecule has 2 aromatic rings. The lowest BCUT2D eigenvalue weighted by molar-refractivity contribution is 0.414. The Morgan fingerprint density at radius 3 is 2.40 bits per heavy atom. The fourth-order valence-electron chi connectivity index (χ4n) is 2.27. The summed E-state index contributed by atoms with van der Waals surface area (Å²) < 4.78 is 5.28. The van der Waals surface area contributed by atoms with Gasteiger partial charge < -0.3 is 4.74 Å². The van der Waals surface area contributed by atoms with E-state index in [-0.39, 0.29) is 0 Å². The second-order valence-corrected chi connectivity index (χ2v) is 5.99. The van der Waals surface area contributed by atoms with Gasteiger partial charge in [-0.3, -0.25) is 0 Å². The average Bonchev–Trinajstić information content (AvgIpc) is 2.49. The van der Waals surface area contributed by atoms with Crippen LogP contribution in [0.15, 0.2) is 48.5 Å². The van der Waals surface area contributed by atoms with Crippen molar-refractivity contribution in [1.29, 1.82) is 0 Å². The Hall–Kier alpha value is -0.990. The van der Waals surface area contributed by atoms with E-state index in [1.807, 2.05) is 24.3 Å². The molecule has 0 aliphatic heterocycles. The van der Waals surface area contributed by atoms with Crippen LogP contribution in [0.5, 0.6) is 5.75 Å². The van der Waals surface area contributed by atoms with Crippen molar-refractivity contribution in [2.45, 2.75) is 12.8 Å². The van der Waals surface area contributed by atoms with Crippen LogP contribution >= 0.6 is 27.5 Å². The van der Waals surface area contributed by atoms with E-state index in [1.165, 1.54) is 11.1 Å². The van der Waals surface area contributed by atoms with Gasteiger partial charge in [0.15, 0.2) is 0 Å². The average molecular weight is 354 g/mol. The third kappa shape index (κ3) is 4.53. The minimum atomic E-state index is 0.559. The van der Waals surface area contributed by atoms with Crippen molar-refractivity contribution in [2.24, 2.45) is 5.92 Å². The summed E-state index contributed by atoms with van der Waals surface area (Å²) in [5.41, 5.74) is 2.63. The molecule has 3 heteroatoms. The highest BCUT2D eigenvalue weighted by molar-refractivity contribution is 9.09. The quantitative estimate of drug-likeness (QED) is 0.653. The Balaban J connectivity index is 2.02. The van der Waals surface area contributed by atoms with E-state index >= 15 is 0 Å². The number of halogens is 2. The molecular weight excluding hydrogens is 336 g/mol. The lowest BCUT2D eigenvalue weighted by Crippen LogP contribution is -2.10. The molecule has 0 aliphatic rings. The number of rotatable bonds is 6. The molecule has 0 radical (unpaired) electrons. The van der Waals surface area contributed by atoms with E-state index in [0.717, 1.165) is 28.9 Å². The Morgan fingerprint density at radius 2 is 1.75 bits per heavy atom. The third-order valence-electron chi connectivity index (χ3n) is 3.31. The monoisotopic (exact) mass is 352 g/mol. The SMILES string of the molecule is COc1cccc(CC(CBr)Cc2ccc(Cl)cc2)c1. The van der Waals surface area contributed by atoms with Crippen molar-refractivity contribution < 1.29 is 4.74 Å². The zero-order valence-electron chi connectivity index (χ0n) is 11.5. The van der Waals surface area contributed by atoms with Gasteiger partial charge in [0, 0.05) is 10.4 Å². The minimum absolute atomic E-state index is 0.559. The highest BCUT2D eigenvalue weighted by atomic mass is 79.9. The lowest BCUT2D eigenvalue weighted by Gasteiger charge is -2.15. The van der Waals surface area contributed by atoms with Crippen LogP contribution in [-0.4, -0.2) is 12.4 Å². The Bertz CT molecular complexity index is 539. The van der Waals surface area contributed by atoms with E-state index in [9.17, 15) is 0 Å². The highest BCUT2D eigenvalue weighted by Gasteiger charge is 2.10. The maximum atomic E-state index is 5.92. The van der Waals surface area contributed by atoms with E-state index in [1.54, 1.807) is 7.11 Å². The topological polar surface area (TPSA) is 9.23 Å². The molecule has 1 nitrogen and oxygen atoms in total. The summed E-state index contributed by atoms with van der Waals surface area (Å²) >= 11 is 9.55. The zero-order chi connectivity index (χ0) is 14.4. The van der Waals surface area contributed by atoms with E-state index in [2.05, 4.69) is 40.2 Å². The molecule has 0 amide bonds. The molecule has 0 N–H and O–H groups in total. The minimum Gasteiger partial charge on any atom is -0.497 e. The second kappa shape index (κ2) is 7.70. The highest BCUT2D eigenvalue weighted by Crippen LogP contribution is 2.21. The van der Waals surface area contributed by atoms with Gasteiger partial charge in [0.2, 0.25) is 0 Å². The van der Waals surface area contributed by atoms with Crippen LogP contribution in [0.25, 0.3) is 0 Å². The molecule has 0 spiro atoms. The largest absolute Gasteiger partial charge is 0.497 e. The van der Waals surface area contributed by atoms with Crippen molar-refractivity contribution in [3.8, 4) is 5.75 Å². The normalized spacial score (nSPS) is 12.2. The second-order valence-electron chi connectivity index (χ2n) is 4.91. The summed E-state index contributed by atoms with van der Waals surface area (Å²) in [5, 5.41) is 1.77. The molecule has 106 valence electrons. The first kappa shape index (κ1) is 15.4. The van der Waals surface area contributed by atoms with Crippen molar-refractivity contribution >= 4 is 27.5 Å². The van der Waals surface area contributed by atoms with Gasteiger partial charge in [-0.15, -0.1) is 0 Å². The van der Waals surface area contributed by atoms with Crippen molar-refractivity contribution in [3.05, 3.63) is 64.7 Å². The van der Waals surface area contributed by atoms with Crippen LogP contribution in [0.1, 0.15) is 11.1 Å². The summed E-state index contributed by atoms with van der Waals surface area (Å²) in [7, 11) is 1.70. The number of ether oxygens (including phenoxy) is 1. The molecular formula is C17H18BrClO. The zero-order valence-corrected chi connectivity index (χ0v) is 13.8.